The van der Waals surface area contributed by atoms with Crippen LogP contribution >= 0.6 is 0 Å². The van der Waals surface area contributed by atoms with Crippen LogP contribution in [0.5, 0.6) is 0 Å². The van der Waals surface area contributed by atoms with Gasteiger partial charge in [-0.2, -0.15) is 0 Å². The second kappa shape index (κ2) is 4.69. The van der Waals surface area contributed by atoms with Gasteiger partial charge in [0.2, 0.25) is 0 Å². The van der Waals surface area contributed by atoms with Gasteiger partial charge in [0.05, 0.1) is 0 Å². The number of hydrogen-bond acceptors (Lipinski definition) is 2. The van der Waals surface area contributed by atoms with E-state index in [1.54, 1.807) is 6.92 Å². The molecule has 0 aromatic heterocycles. The summed E-state index contributed by atoms with van der Waals surface area (Å²) in [7, 11) is 0. The fraction of sp³-hybridized carbons (Fsp3) is 1.00. The van der Waals surface area contributed by atoms with Crippen LogP contribution < -0.4 is 5.32 Å². The van der Waals surface area contributed by atoms with Gasteiger partial charge >= 0.3 is 0 Å². The molecule has 0 aliphatic rings. The minimum Gasteiger partial charge on any atom is -0.379 e. The molecular formula is C8H19NO. The van der Waals surface area contributed by atoms with Gasteiger partial charge in [-0.15, -0.1) is 0 Å². The molecule has 0 aromatic rings. The van der Waals surface area contributed by atoms with Crippen LogP contribution in [0.3, 0.4) is 0 Å². The Morgan fingerprint density at radius 2 is 1.70 bits per heavy atom. The lowest BCUT2D eigenvalue weighted by Gasteiger charge is -2.17. The van der Waals surface area contributed by atoms with E-state index < -0.39 is 0 Å². The predicted molar refractivity (Wildman–Crippen MR) is 43.7 cm³/mol. The molecule has 10 heavy (non-hydrogen) atoms. The molecule has 0 radical (unpaired) electrons. The van der Waals surface area contributed by atoms with E-state index in [1.165, 1.54) is 0 Å². The SMILES string of the molecule is CC(O)NCC(C)C(C)C. The maximum atomic E-state index is 8.87. The summed E-state index contributed by atoms with van der Waals surface area (Å²) in [6.45, 7) is 9.20. The van der Waals surface area contributed by atoms with Crippen molar-refractivity contribution in [2.24, 2.45) is 11.8 Å². The third kappa shape index (κ3) is 4.77. The first-order chi connectivity index (χ1) is 4.54. The average molecular weight is 145 g/mol. The van der Waals surface area contributed by atoms with Crippen LogP contribution in [0.4, 0.5) is 0 Å². The number of hydrogen-bond donors (Lipinski definition) is 2. The van der Waals surface area contributed by atoms with Gasteiger partial charge in [0, 0.05) is 6.54 Å². The zero-order valence-corrected chi connectivity index (χ0v) is 7.39. The molecule has 62 valence electrons. The van der Waals surface area contributed by atoms with Crippen molar-refractivity contribution in [3.8, 4) is 0 Å². The van der Waals surface area contributed by atoms with Gasteiger partial charge in [0.1, 0.15) is 6.23 Å². The van der Waals surface area contributed by atoms with E-state index in [0.29, 0.717) is 11.8 Å². The highest BCUT2D eigenvalue weighted by atomic mass is 16.3. The molecular weight excluding hydrogens is 126 g/mol. The maximum Gasteiger partial charge on any atom is 0.102 e. The summed E-state index contributed by atoms with van der Waals surface area (Å²) in [6.07, 6.45) is -0.374. The van der Waals surface area contributed by atoms with Crippen LogP contribution in [0.2, 0.25) is 0 Å². The summed E-state index contributed by atoms with van der Waals surface area (Å²) in [6, 6.07) is 0. The highest BCUT2D eigenvalue weighted by molar-refractivity contribution is 4.60. The van der Waals surface area contributed by atoms with Crippen molar-refractivity contribution in [3.63, 3.8) is 0 Å². The van der Waals surface area contributed by atoms with Crippen LogP contribution in [-0.4, -0.2) is 17.9 Å². The number of aliphatic hydroxyl groups excluding tert-OH is 1. The molecule has 0 aliphatic carbocycles. The lowest BCUT2D eigenvalue weighted by atomic mass is 9.98. The van der Waals surface area contributed by atoms with Gasteiger partial charge in [-0.3, -0.25) is 5.32 Å². The molecule has 0 heterocycles. The molecule has 2 heteroatoms. The maximum absolute atomic E-state index is 8.87. The van der Waals surface area contributed by atoms with Crippen molar-refractivity contribution in [1.82, 2.24) is 5.32 Å². The first-order valence-electron chi connectivity index (χ1n) is 3.95. The molecule has 0 spiro atoms. The van der Waals surface area contributed by atoms with Gasteiger partial charge in [-0.1, -0.05) is 20.8 Å². The number of nitrogens with one attached hydrogen (secondary N) is 1. The van der Waals surface area contributed by atoms with Crippen LogP contribution in [0.1, 0.15) is 27.7 Å². The van der Waals surface area contributed by atoms with Crippen LogP contribution in [0.25, 0.3) is 0 Å². The molecule has 2 nitrogen and oxygen atoms in total. The molecule has 0 saturated carbocycles. The first kappa shape index (κ1) is 9.92. The van der Waals surface area contributed by atoms with E-state index >= 15 is 0 Å². The van der Waals surface area contributed by atoms with Crippen LogP contribution in [0.15, 0.2) is 0 Å². The normalized spacial score (nSPS) is 17.4. The van der Waals surface area contributed by atoms with Gasteiger partial charge in [0.25, 0.3) is 0 Å². The quantitative estimate of drug-likeness (QED) is 0.583. The van der Waals surface area contributed by atoms with Crippen LogP contribution in [0, 0.1) is 11.8 Å². The minimum atomic E-state index is -0.374. The Morgan fingerprint density at radius 3 is 2.00 bits per heavy atom. The fourth-order valence-corrected chi connectivity index (χ4v) is 0.592. The summed E-state index contributed by atoms with van der Waals surface area (Å²) in [4.78, 5) is 0. The monoisotopic (exact) mass is 145 g/mol. The Hall–Kier alpha value is -0.0800. The largest absolute Gasteiger partial charge is 0.379 e. The second-order valence-corrected chi connectivity index (χ2v) is 3.31. The van der Waals surface area contributed by atoms with E-state index in [-0.39, 0.29) is 6.23 Å². The summed E-state index contributed by atoms with van der Waals surface area (Å²) < 4.78 is 0. The Balaban J connectivity index is 3.30. The zero-order valence-electron chi connectivity index (χ0n) is 7.39. The Bertz CT molecular complexity index is 81.3. The summed E-state index contributed by atoms with van der Waals surface area (Å²) in [5.41, 5.74) is 0. The minimum absolute atomic E-state index is 0.374. The topological polar surface area (TPSA) is 32.3 Å². The van der Waals surface area contributed by atoms with Crippen molar-refractivity contribution in [1.29, 1.82) is 0 Å². The first-order valence-corrected chi connectivity index (χ1v) is 3.95. The van der Waals surface area contributed by atoms with E-state index in [2.05, 4.69) is 26.1 Å². The van der Waals surface area contributed by atoms with Crippen molar-refractivity contribution < 1.29 is 5.11 Å². The standard InChI is InChI=1S/C8H19NO/c1-6(2)7(3)5-9-8(4)10/h6-10H,5H2,1-4H3. The summed E-state index contributed by atoms with van der Waals surface area (Å²) >= 11 is 0. The highest BCUT2D eigenvalue weighted by Crippen LogP contribution is 2.07. The molecule has 0 amide bonds. The molecule has 2 unspecified atom stereocenters. The molecule has 0 fully saturated rings. The van der Waals surface area contributed by atoms with Crippen LogP contribution in [-0.2, 0) is 0 Å². The lowest BCUT2D eigenvalue weighted by molar-refractivity contribution is 0.147. The van der Waals surface area contributed by atoms with E-state index in [0.717, 1.165) is 6.54 Å². The number of rotatable bonds is 4. The Morgan fingerprint density at radius 1 is 1.20 bits per heavy atom. The molecule has 0 rings (SSSR count). The van der Waals surface area contributed by atoms with Crippen molar-refractivity contribution in [2.45, 2.75) is 33.9 Å². The fourth-order valence-electron chi connectivity index (χ4n) is 0.592. The zero-order chi connectivity index (χ0) is 8.15. The highest BCUT2D eigenvalue weighted by Gasteiger charge is 2.06. The van der Waals surface area contributed by atoms with Crippen molar-refractivity contribution in [2.75, 3.05) is 6.54 Å². The molecule has 0 bridgehead atoms. The lowest BCUT2D eigenvalue weighted by Crippen LogP contribution is -2.31. The summed E-state index contributed by atoms with van der Waals surface area (Å²) in [5, 5.41) is 11.9. The number of aliphatic hydroxyl groups is 1. The molecule has 2 atom stereocenters. The Kier molecular flexibility index (Phi) is 4.65. The molecule has 0 saturated heterocycles. The Labute approximate surface area is 63.6 Å². The van der Waals surface area contributed by atoms with Gasteiger partial charge in [0.15, 0.2) is 0 Å². The van der Waals surface area contributed by atoms with Gasteiger partial charge < -0.3 is 5.11 Å². The van der Waals surface area contributed by atoms with Gasteiger partial charge in [-0.05, 0) is 18.8 Å². The average Bonchev–Trinajstić information content (AvgIpc) is 1.82. The predicted octanol–water partition coefficient (Wildman–Crippen LogP) is 1.21. The van der Waals surface area contributed by atoms with E-state index in [4.69, 9.17) is 5.11 Å². The molecule has 0 aliphatic heterocycles. The molecule has 0 aromatic carbocycles. The third-order valence-electron chi connectivity index (χ3n) is 1.87. The second-order valence-electron chi connectivity index (χ2n) is 3.31. The molecule has 2 N–H and O–H groups in total. The summed E-state index contributed by atoms with van der Waals surface area (Å²) in [5.74, 6) is 1.32. The van der Waals surface area contributed by atoms with Crippen molar-refractivity contribution >= 4 is 0 Å². The smallest absolute Gasteiger partial charge is 0.102 e. The van der Waals surface area contributed by atoms with Crippen molar-refractivity contribution in [3.05, 3.63) is 0 Å². The van der Waals surface area contributed by atoms with Gasteiger partial charge in [-0.25, -0.2) is 0 Å². The third-order valence-corrected chi connectivity index (χ3v) is 1.87. The van der Waals surface area contributed by atoms with E-state index in [1.807, 2.05) is 0 Å². The van der Waals surface area contributed by atoms with E-state index in [9.17, 15) is 0 Å².